The molecule has 1 aliphatic rings. The summed E-state index contributed by atoms with van der Waals surface area (Å²) in [5.41, 5.74) is 22.3. The SMILES string of the molecule is Cc1nc(-c2ccc(C(C)(C)C)cc2)nc(C)c1C(=O)N[C@@H](C)C(=O)N[C@@H](CCN)C(=O)N(C)[C@@H]1C(=O)N[C@@H](C)C(=O)N[C@H](C(=O)NCC#N)Cc2ccc(OCCN)c(c2)-c2cc1ccc2OCCN. The number of fused-ring (bicyclic) bond motifs is 5. The van der Waals surface area contributed by atoms with Gasteiger partial charge in [0.05, 0.1) is 23.0 Å². The van der Waals surface area contributed by atoms with Crippen LogP contribution in [-0.4, -0.2) is 121 Å². The number of nitrogens with two attached hydrogens (primary N) is 3. The maximum atomic E-state index is 14.7. The molecule has 0 unspecified atom stereocenters. The summed E-state index contributed by atoms with van der Waals surface area (Å²) in [6.07, 6.45) is -0.0782. The van der Waals surface area contributed by atoms with Crippen LogP contribution in [0.5, 0.6) is 11.5 Å². The van der Waals surface area contributed by atoms with Crippen molar-refractivity contribution in [3.8, 4) is 40.1 Å². The molecule has 0 fully saturated rings. The van der Waals surface area contributed by atoms with Crippen LogP contribution in [0.15, 0.2) is 60.7 Å². The molecule has 6 amide bonds. The standard InChI is InChI=1S/C51H66N12O8/c1-28-42(29(2)58-44(57-28)33-10-13-35(14-11-33)51(5,6)7)48(67)59-30(3)45(64)61-38(17-18-52)50(69)63(8)43-34-12-16-41(71-24-21-55)37(27-34)36-25-32(9-15-40(36)70-23-20-54)26-39(47(66)56-22-19-53)62-46(65)31(4)60-49(43)68/h9-16,25,27,30-31,38-39,43H,17-18,20-24,26,52,54-55H2,1-8H3,(H,56,66)(H,59,67)(H,60,68)(H,61,64)(H,62,65)/t30-,31-,38-,39-,43-/m0/s1. The predicted octanol–water partition coefficient (Wildman–Crippen LogP) is 1.74. The molecule has 4 aromatic rings. The summed E-state index contributed by atoms with van der Waals surface area (Å²) in [6.45, 7) is 12.8. The molecule has 20 nitrogen and oxygen atoms in total. The van der Waals surface area contributed by atoms with E-state index < -0.39 is 65.7 Å². The fourth-order valence-corrected chi connectivity index (χ4v) is 8.05. The van der Waals surface area contributed by atoms with Gasteiger partial charge in [-0.2, -0.15) is 5.26 Å². The lowest BCUT2D eigenvalue weighted by Crippen LogP contribution is -2.57. The molecule has 11 N–H and O–H groups in total. The van der Waals surface area contributed by atoms with Crippen molar-refractivity contribution in [3.63, 3.8) is 0 Å². The zero-order valence-corrected chi connectivity index (χ0v) is 41.6. The number of hydrogen-bond donors (Lipinski definition) is 8. The normalized spacial score (nSPS) is 16.7. The van der Waals surface area contributed by atoms with Gasteiger partial charge in [0.1, 0.15) is 61.5 Å². The second-order valence-electron chi connectivity index (χ2n) is 18.3. The van der Waals surface area contributed by atoms with Gasteiger partial charge >= 0.3 is 0 Å². The minimum Gasteiger partial charge on any atom is -0.492 e. The number of ether oxygens (including phenoxy) is 2. The zero-order chi connectivity index (χ0) is 52.2. The molecular weight excluding hydrogens is 909 g/mol. The number of hydrogen-bond acceptors (Lipinski definition) is 14. The summed E-state index contributed by atoms with van der Waals surface area (Å²) in [5, 5.41) is 22.5. The first kappa shape index (κ1) is 54.5. The number of likely N-dealkylation sites (N-methyl/N-ethyl adjacent to an activating group) is 1. The van der Waals surface area contributed by atoms with E-state index in [2.05, 4.69) is 57.3 Å². The number of carbonyl (C=O) groups excluding carboxylic acids is 6. The summed E-state index contributed by atoms with van der Waals surface area (Å²) >= 11 is 0. The summed E-state index contributed by atoms with van der Waals surface area (Å²) < 4.78 is 12.2. The molecule has 71 heavy (non-hydrogen) atoms. The average molecular weight is 975 g/mol. The molecule has 0 saturated heterocycles. The maximum Gasteiger partial charge on any atom is 0.255 e. The number of nitrogens with zero attached hydrogens (tertiary/aromatic N) is 4. The molecule has 0 saturated carbocycles. The number of nitriles is 1. The van der Waals surface area contributed by atoms with Crippen LogP contribution in [0, 0.1) is 25.2 Å². The summed E-state index contributed by atoms with van der Waals surface area (Å²) in [5.74, 6) is -3.02. The fraction of sp³-hybridized carbons (Fsp3) is 0.431. The summed E-state index contributed by atoms with van der Waals surface area (Å²) in [7, 11) is 1.37. The first-order valence-electron chi connectivity index (χ1n) is 23.4. The number of benzene rings is 3. The number of aryl methyl sites for hydroxylation is 2. The average Bonchev–Trinajstić information content (AvgIpc) is 3.33. The number of aromatic nitrogens is 2. The van der Waals surface area contributed by atoms with Crippen LogP contribution in [0.2, 0.25) is 0 Å². The third kappa shape index (κ3) is 13.7. The van der Waals surface area contributed by atoms with E-state index in [1.54, 1.807) is 50.2 Å². The highest BCUT2D eigenvalue weighted by Gasteiger charge is 2.37. The Kier molecular flexibility index (Phi) is 18.7. The molecule has 1 aromatic heterocycles. The molecule has 5 rings (SSSR count). The van der Waals surface area contributed by atoms with Crippen molar-refractivity contribution in [2.75, 3.05) is 46.4 Å². The lowest BCUT2D eigenvalue weighted by Gasteiger charge is -2.33. The quantitative estimate of drug-likeness (QED) is 0.0700. The molecule has 0 spiro atoms. The fourth-order valence-electron chi connectivity index (χ4n) is 8.05. The van der Waals surface area contributed by atoms with E-state index >= 15 is 0 Å². The maximum absolute atomic E-state index is 14.7. The molecule has 20 heteroatoms. The van der Waals surface area contributed by atoms with Gasteiger partial charge in [0.2, 0.25) is 29.5 Å². The molecular formula is C51H66N12O8. The number of nitrogens with one attached hydrogen (secondary N) is 5. The number of amides is 6. The van der Waals surface area contributed by atoms with E-state index in [-0.39, 0.29) is 68.8 Å². The van der Waals surface area contributed by atoms with Gasteiger partial charge in [0.15, 0.2) is 5.82 Å². The lowest BCUT2D eigenvalue weighted by atomic mass is 9.86. The Morgan fingerprint density at radius 3 is 2.04 bits per heavy atom. The second kappa shape index (κ2) is 24.4. The van der Waals surface area contributed by atoms with Crippen molar-refractivity contribution >= 4 is 35.4 Å². The Morgan fingerprint density at radius 1 is 0.859 bits per heavy atom. The highest BCUT2D eigenvalue weighted by Crippen LogP contribution is 2.40. The van der Waals surface area contributed by atoms with Gasteiger partial charge in [-0.25, -0.2) is 9.97 Å². The Hall–Kier alpha value is -7.47. The minimum absolute atomic E-state index is 0.0166. The number of rotatable bonds is 17. The lowest BCUT2D eigenvalue weighted by molar-refractivity contribution is -0.143. The first-order chi connectivity index (χ1) is 33.7. The van der Waals surface area contributed by atoms with Crippen molar-refractivity contribution in [2.24, 2.45) is 17.2 Å². The number of carbonyl (C=O) groups is 6. The van der Waals surface area contributed by atoms with E-state index in [1.807, 2.05) is 30.3 Å². The second-order valence-corrected chi connectivity index (χ2v) is 18.3. The molecule has 3 aromatic carbocycles. The van der Waals surface area contributed by atoms with Gasteiger partial charge in [-0.1, -0.05) is 57.2 Å². The van der Waals surface area contributed by atoms with Gasteiger partial charge < -0.3 is 58.2 Å². The molecule has 378 valence electrons. The van der Waals surface area contributed by atoms with Crippen LogP contribution in [-0.2, 0) is 35.8 Å². The Labute approximate surface area is 414 Å². The third-order valence-corrected chi connectivity index (χ3v) is 11.9. The monoisotopic (exact) mass is 975 g/mol. The molecule has 1 aliphatic heterocycles. The smallest absolute Gasteiger partial charge is 0.255 e. The minimum atomic E-state index is -1.45. The van der Waals surface area contributed by atoms with Gasteiger partial charge in [-0.3, -0.25) is 28.8 Å². The molecule has 2 heterocycles. The largest absolute Gasteiger partial charge is 0.492 e. The van der Waals surface area contributed by atoms with Crippen LogP contribution < -0.4 is 53.3 Å². The topological polar surface area (TPSA) is 312 Å². The Morgan fingerprint density at radius 2 is 1.46 bits per heavy atom. The van der Waals surface area contributed by atoms with E-state index in [1.165, 1.54) is 20.9 Å². The zero-order valence-electron chi connectivity index (χ0n) is 41.6. The Balaban J connectivity index is 1.48. The first-order valence-corrected chi connectivity index (χ1v) is 23.4. The Bertz CT molecular complexity index is 2620. The van der Waals surface area contributed by atoms with Crippen LogP contribution in [0.3, 0.4) is 0 Å². The van der Waals surface area contributed by atoms with Crippen LogP contribution >= 0.6 is 0 Å². The van der Waals surface area contributed by atoms with Crippen molar-refractivity contribution in [2.45, 2.75) is 96.9 Å². The van der Waals surface area contributed by atoms with Gasteiger partial charge in [-0.05, 0) is 87.0 Å². The van der Waals surface area contributed by atoms with Crippen LogP contribution in [0.1, 0.15) is 85.5 Å². The van der Waals surface area contributed by atoms with Gasteiger partial charge in [-0.15, -0.1) is 0 Å². The molecule has 0 radical (unpaired) electrons. The van der Waals surface area contributed by atoms with E-state index in [0.717, 1.165) is 16.0 Å². The van der Waals surface area contributed by atoms with E-state index in [4.69, 9.17) is 26.7 Å². The van der Waals surface area contributed by atoms with Crippen LogP contribution in [0.4, 0.5) is 0 Å². The summed E-state index contributed by atoms with van der Waals surface area (Å²) in [4.78, 5) is 94.4. The highest BCUT2D eigenvalue weighted by atomic mass is 16.5. The molecule has 5 atom stereocenters. The van der Waals surface area contributed by atoms with Crippen molar-refractivity contribution in [1.29, 1.82) is 5.26 Å². The van der Waals surface area contributed by atoms with Crippen molar-refractivity contribution in [3.05, 3.63) is 94.3 Å². The molecule has 0 aliphatic carbocycles. The third-order valence-electron chi connectivity index (χ3n) is 11.9. The van der Waals surface area contributed by atoms with Crippen molar-refractivity contribution < 1.29 is 38.2 Å². The highest BCUT2D eigenvalue weighted by molar-refractivity contribution is 6.00. The van der Waals surface area contributed by atoms with Crippen molar-refractivity contribution in [1.82, 2.24) is 41.5 Å². The van der Waals surface area contributed by atoms with E-state index in [9.17, 15) is 34.0 Å². The van der Waals surface area contributed by atoms with Gasteiger partial charge in [0, 0.05) is 43.2 Å². The van der Waals surface area contributed by atoms with E-state index in [0.29, 0.717) is 45.4 Å². The molecule has 4 bridgehead atoms. The van der Waals surface area contributed by atoms with Crippen LogP contribution in [0.25, 0.3) is 22.5 Å². The summed E-state index contributed by atoms with van der Waals surface area (Å²) in [6, 6.07) is 13.5. The predicted molar refractivity (Wildman–Crippen MR) is 267 cm³/mol. The van der Waals surface area contributed by atoms with Gasteiger partial charge in [0.25, 0.3) is 5.91 Å².